The van der Waals surface area contributed by atoms with Crippen LogP contribution in [0.1, 0.15) is 155 Å². The van der Waals surface area contributed by atoms with Gasteiger partial charge in [0.2, 0.25) is 0 Å². The lowest BCUT2D eigenvalue weighted by atomic mass is 9.99. The lowest BCUT2D eigenvalue weighted by Gasteiger charge is -2.39. The van der Waals surface area contributed by atoms with Crippen molar-refractivity contribution in [2.75, 3.05) is 13.2 Å². The van der Waals surface area contributed by atoms with Crippen molar-refractivity contribution in [2.24, 2.45) is 0 Å². The van der Waals surface area contributed by atoms with Gasteiger partial charge in [0.1, 0.15) is 24.4 Å². The van der Waals surface area contributed by atoms with E-state index in [0.29, 0.717) is 19.3 Å². The molecule has 1 saturated heterocycles. The Kier molecular flexibility index (Phi) is 25.4. The van der Waals surface area contributed by atoms with Crippen LogP contribution in [-0.4, -0.2) is 98.0 Å². The maximum absolute atomic E-state index is 10.2. The molecule has 8 atom stereocenters. The van der Waals surface area contributed by atoms with Crippen LogP contribution in [0.3, 0.4) is 0 Å². The van der Waals surface area contributed by atoms with Crippen LogP contribution in [-0.2, 0) is 9.47 Å². The van der Waals surface area contributed by atoms with Crippen molar-refractivity contribution < 1.29 is 45.2 Å². The fraction of sp³-hybridized carbons (Fsp3) is 1.00. The van der Waals surface area contributed by atoms with Crippen LogP contribution in [0.5, 0.6) is 0 Å². The smallest absolute Gasteiger partial charge is 0.186 e. The van der Waals surface area contributed by atoms with Gasteiger partial charge in [-0.2, -0.15) is 0 Å². The van der Waals surface area contributed by atoms with Gasteiger partial charge in [-0.05, 0) is 32.6 Å². The van der Waals surface area contributed by atoms with Crippen molar-refractivity contribution in [3.8, 4) is 0 Å². The summed E-state index contributed by atoms with van der Waals surface area (Å²) in [7, 11) is 0. The van der Waals surface area contributed by atoms with E-state index in [9.17, 15) is 35.7 Å². The number of unbranched alkanes of at least 4 members (excludes halogenated alkanes) is 18. The molecule has 0 spiro atoms. The molecule has 0 radical (unpaired) electrons. The van der Waals surface area contributed by atoms with E-state index in [2.05, 4.69) is 0 Å². The minimum atomic E-state index is -1.45. The second kappa shape index (κ2) is 26.8. The third-order valence-corrected chi connectivity index (χ3v) is 8.77. The number of ether oxygens (including phenoxy) is 2. The number of hydrogen-bond donors (Lipinski definition) is 7. The largest absolute Gasteiger partial charge is 0.394 e. The highest BCUT2D eigenvalue weighted by molar-refractivity contribution is 4.88. The summed E-state index contributed by atoms with van der Waals surface area (Å²) < 4.78 is 10.8. The third kappa shape index (κ3) is 21.1. The molecule has 5 unspecified atom stereocenters. The van der Waals surface area contributed by atoms with E-state index in [1.54, 1.807) is 6.92 Å². The predicted molar refractivity (Wildman–Crippen MR) is 170 cm³/mol. The van der Waals surface area contributed by atoms with Crippen molar-refractivity contribution in [2.45, 2.75) is 204 Å². The molecule has 9 heteroatoms. The first kappa shape index (κ1) is 40.7. The van der Waals surface area contributed by atoms with Gasteiger partial charge in [-0.1, -0.05) is 122 Å². The first-order valence-electron chi connectivity index (χ1n) is 17.7. The number of rotatable bonds is 29. The Morgan fingerprint density at radius 1 is 0.535 bits per heavy atom. The summed E-state index contributed by atoms with van der Waals surface area (Å²) in [6, 6.07) is 0. The Labute approximate surface area is 262 Å². The molecular formula is C34H68O9. The molecule has 0 aromatic carbocycles. The summed E-state index contributed by atoms with van der Waals surface area (Å²) in [5, 5.41) is 68.0. The van der Waals surface area contributed by atoms with Crippen molar-refractivity contribution >= 4 is 0 Å². The van der Waals surface area contributed by atoms with Gasteiger partial charge >= 0.3 is 0 Å². The van der Waals surface area contributed by atoms with Gasteiger partial charge in [-0.3, -0.25) is 0 Å². The van der Waals surface area contributed by atoms with Crippen LogP contribution in [0.4, 0.5) is 0 Å². The minimum Gasteiger partial charge on any atom is -0.394 e. The predicted octanol–water partition coefficient (Wildman–Crippen LogP) is 4.88. The van der Waals surface area contributed by atoms with Gasteiger partial charge in [0.05, 0.1) is 31.5 Å². The highest BCUT2D eigenvalue weighted by Crippen LogP contribution is 2.22. The molecule has 0 amide bonds. The maximum Gasteiger partial charge on any atom is 0.186 e. The van der Waals surface area contributed by atoms with E-state index in [1.165, 1.54) is 103 Å². The van der Waals surface area contributed by atoms with Gasteiger partial charge in [-0.25, -0.2) is 0 Å². The molecule has 1 aliphatic rings. The average molecular weight is 621 g/mol. The zero-order valence-corrected chi connectivity index (χ0v) is 27.2. The van der Waals surface area contributed by atoms with E-state index < -0.39 is 49.5 Å². The van der Waals surface area contributed by atoms with Crippen LogP contribution in [0.15, 0.2) is 0 Å². The summed E-state index contributed by atoms with van der Waals surface area (Å²) >= 11 is 0. The van der Waals surface area contributed by atoms with Crippen LogP contribution in [0.2, 0.25) is 0 Å². The highest BCUT2D eigenvalue weighted by Gasteiger charge is 2.43. The van der Waals surface area contributed by atoms with Gasteiger partial charge in [0, 0.05) is 0 Å². The van der Waals surface area contributed by atoms with E-state index >= 15 is 0 Å². The third-order valence-electron chi connectivity index (χ3n) is 8.77. The van der Waals surface area contributed by atoms with Gasteiger partial charge in [0.25, 0.3) is 0 Å². The van der Waals surface area contributed by atoms with Gasteiger partial charge < -0.3 is 45.2 Å². The maximum atomic E-state index is 10.2. The van der Waals surface area contributed by atoms with E-state index in [4.69, 9.17) is 9.47 Å². The quantitative estimate of drug-likeness (QED) is 0.0579. The molecule has 7 N–H and O–H groups in total. The number of hydrogen-bond acceptors (Lipinski definition) is 9. The van der Waals surface area contributed by atoms with Crippen LogP contribution < -0.4 is 0 Å². The van der Waals surface area contributed by atoms with Crippen molar-refractivity contribution in [3.63, 3.8) is 0 Å². The molecule has 9 nitrogen and oxygen atoms in total. The van der Waals surface area contributed by atoms with Crippen molar-refractivity contribution in [1.82, 2.24) is 0 Å². The first-order valence-corrected chi connectivity index (χ1v) is 17.7. The Morgan fingerprint density at radius 2 is 0.930 bits per heavy atom. The number of aliphatic hydroxyl groups excluding tert-OH is 7. The first-order chi connectivity index (χ1) is 20.8. The normalized spacial score (nSPS) is 24.7. The summed E-state index contributed by atoms with van der Waals surface area (Å²) in [5.41, 5.74) is 0. The van der Waals surface area contributed by atoms with Crippen LogP contribution in [0, 0.1) is 0 Å². The van der Waals surface area contributed by atoms with Crippen molar-refractivity contribution in [3.05, 3.63) is 0 Å². The minimum absolute atomic E-state index is 0.158. The number of aliphatic hydroxyl groups is 7. The van der Waals surface area contributed by atoms with Crippen LogP contribution >= 0.6 is 0 Å². The SMILES string of the molecule is CC(O)CC(O)CCCCCCCCCCCCCCCCCCCCCC(O)CCO[C@@H]1OC(CO)[C@@H](O)C(O)[C@@H]1O. The molecule has 1 aliphatic heterocycles. The lowest BCUT2D eigenvalue weighted by Crippen LogP contribution is -2.59. The second-order valence-corrected chi connectivity index (χ2v) is 13.0. The standard InChI is InChI=1S/C34H68O9/c1-27(36)25-29(38)22-20-18-16-14-12-10-8-6-4-2-3-5-7-9-11-13-15-17-19-21-28(37)23-24-42-34-33(41)32(40)31(39)30(26-35)43-34/h27-41H,2-26H2,1H3/t27?,28?,29?,30?,31-,32?,33+,34-/m1/s1. The van der Waals surface area contributed by atoms with Gasteiger partial charge in [0.15, 0.2) is 6.29 Å². The Morgan fingerprint density at radius 3 is 1.33 bits per heavy atom. The fourth-order valence-electron chi connectivity index (χ4n) is 5.95. The van der Waals surface area contributed by atoms with Crippen LogP contribution in [0.25, 0.3) is 0 Å². The molecule has 1 rings (SSSR count). The molecule has 0 aromatic rings. The van der Waals surface area contributed by atoms with E-state index in [0.717, 1.165) is 25.7 Å². The van der Waals surface area contributed by atoms with Gasteiger partial charge in [-0.15, -0.1) is 0 Å². The highest BCUT2D eigenvalue weighted by atomic mass is 16.7. The lowest BCUT2D eigenvalue weighted by molar-refractivity contribution is -0.301. The zero-order chi connectivity index (χ0) is 31.7. The molecule has 0 aromatic heterocycles. The Bertz CT molecular complexity index is 606. The molecule has 0 bridgehead atoms. The second-order valence-electron chi connectivity index (χ2n) is 13.0. The molecule has 1 fully saturated rings. The van der Waals surface area contributed by atoms with E-state index in [1.807, 2.05) is 0 Å². The molecule has 1 heterocycles. The van der Waals surface area contributed by atoms with E-state index in [-0.39, 0.29) is 12.7 Å². The Hall–Kier alpha value is -0.360. The molecule has 0 aliphatic carbocycles. The zero-order valence-electron chi connectivity index (χ0n) is 27.2. The average Bonchev–Trinajstić information content (AvgIpc) is 2.97. The summed E-state index contributed by atoms with van der Waals surface area (Å²) in [4.78, 5) is 0. The summed E-state index contributed by atoms with van der Waals surface area (Å²) in [6.45, 7) is 1.40. The topological polar surface area (TPSA) is 160 Å². The molecule has 0 saturated carbocycles. The Balaban J connectivity index is 1.79. The van der Waals surface area contributed by atoms with Crippen molar-refractivity contribution in [1.29, 1.82) is 0 Å². The fourth-order valence-corrected chi connectivity index (χ4v) is 5.95. The monoisotopic (exact) mass is 620 g/mol. The summed E-state index contributed by atoms with van der Waals surface area (Å²) in [5.74, 6) is 0. The molecular weight excluding hydrogens is 552 g/mol. The molecule has 258 valence electrons. The summed E-state index contributed by atoms with van der Waals surface area (Å²) in [6.07, 6.45) is 19.0. The molecule has 43 heavy (non-hydrogen) atoms.